The lowest BCUT2D eigenvalue weighted by Gasteiger charge is -2.52. The highest BCUT2D eigenvalue weighted by Crippen LogP contribution is 2.59. The molecule has 36 heavy (non-hydrogen) atoms. The van der Waals surface area contributed by atoms with E-state index in [0.29, 0.717) is 36.2 Å². The maximum absolute atomic E-state index is 14.1. The van der Waals surface area contributed by atoms with Crippen molar-refractivity contribution in [1.29, 1.82) is 5.26 Å². The maximum Gasteiger partial charge on any atom is 0.573 e. The van der Waals surface area contributed by atoms with E-state index >= 15 is 0 Å². The van der Waals surface area contributed by atoms with Gasteiger partial charge in [0.25, 0.3) is 0 Å². The van der Waals surface area contributed by atoms with E-state index in [1.54, 1.807) is 48.5 Å². The third-order valence-electron chi connectivity index (χ3n) is 6.77. The summed E-state index contributed by atoms with van der Waals surface area (Å²) in [4.78, 5) is 16.8. The van der Waals surface area contributed by atoms with E-state index in [1.165, 1.54) is 21.9 Å². The van der Waals surface area contributed by atoms with Crippen LogP contribution in [-0.4, -0.2) is 23.0 Å². The molecule has 10 heteroatoms. The van der Waals surface area contributed by atoms with Gasteiger partial charge in [0.2, 0.25) is 0 Å². The van der Waals surface area contributed by atoms with Crippen molar-refractivity contribution in [3.05, 3.63) is 88.4 Å². The van der Waals surface area contributed by atoms with Crippen LogP contribution in [0.4, 0.5) is 29.3 Å². The molecular weight excluding hydrogens is 539 g/mol. The molecule has 1 saturated carbocycles. The van der Waals surface area contributed by atoms with Crippen LogP contribution < -0.4 is 14.5 Å². The van der Waals surface area contributed by atoms with E-state index in [9.17, 15) is 28.3 Å². The minimum atomic E-state index is -4.92. The number of nitriles is 1. The van der Waals surface area contributed by atoms with Gasteiger partial charge in [0, 0.05) is 21.4 Å². The molecule has 3 aromatic carbocycles. The lowest BCUT2D eigenvalue weighted by molar-refractivity contribution is -0.274. The van der Waals surface area contributed by atoms with Crippen LogP contribution in [0.1, 0.15) is 30.4 Å². The summed E-state index contributed by atoms with van der Waals surface area (Å²) in [5.74, 6) is -0.497. The molecule has 1 saturated heterocycles. The van der Waals surface area contributed by atoms with Gasteiger partial charge in [-0.2, -0.15) is 5.26 Å². The van der Waals surface area contributed by atoms with Gasteiger partial charge in [-0.05, 0) is 79.9 Å². The highest BCUT2D eigenvalue weighted by atomic mass is 79.9. The summed E-state index contributed by atoms with van der Waals surface area (Å²) < 4.78 is 43.8. The van der Waals surface area contributed by atoms with Crippen LogP contribution in [0.5, 0.6) is 5.75 Å². The average Bonchev–Trinajstić information content (AvgIpc) is 3.03. The number of rotatable bonds is 4. The number of carbonyl (C=O) groups excluding carboxylic acids is 1. The van der Waals surface area contributed by atoms with E-state index in [0.717, 1.165) is 16.6 Å². The molecule has 1 spiro atoms. The fourth-order valence-electron chi connectivity index (χ4n) is 5.11. The van der Waals surface area contributed by atoms with Crippen LogP contribution in [0.3, 0.4) is 0 Å². The van der Waals surface area contributed by atoms with E-state index in [1.807, 2.05) is 6.07 Å². The van der Waals surface area contributed by atoms with Crippen LogP contribution >= 0.6 is 15.9 Å². The van der Waals surface area contributed by atoms with Crippen LogP contribution in [0.15, 0.2) is 77.3 Å². The first kappa shape index (κ1) is 24.2. The fourth-order valence-corrected chi connectivity index (χ4v) is 5.37. The first-order valence-corrected chi connectivity index (χ1v) is 11.9. The summed E-state index contributed by atoms with van der Waals surface area (Å²) >= 11 is 3.36. The molecule has 1 N–H and O–H groups in total. The molecule has 184 valence electrons. The van der Waals surface area contributed by atoms with Crippen molar-refractivity contribution in [1.82, 2.24) is 0 Å². The molecule has 2 fully saturated rings. The van der Waals surface area contributed by atoms with Crippen molar-refractivity contribution in [3.63, 3.8) is 0 Å². The van der Waals surface area contributed by atoms with Crippen molar-refractivity contribution in [2.75, 3.05) is 9.80 Å². The molecule has 0 radical (unpaired) electrons. The Morgan fingerprint density at radius 3 is 2.14 bits per heavy atom. The summed E-state index contributed by atoms with van der Waals surface area (Å²) in [7, 11) is 0. The molecule has 2 aliphatic rings. The van der Waals surface area contributed by atoms with Gasteiger partial charge in [-0.1, -0.05) is 28.1 Å². The van der Waals surface area contributed by atoms with Gasteiger partial charge >= 0.3 is 12.4 Å². The second kappa shape index (κ2) is 8.54. The number of alkyl halides is 3. The van der Waals surface area contributed by atoms with Gasteiger partial charge in [0.1, 0.15) is 11.3 Å². The highest BCUT2D eigenvalue weighted by Gasteiger charge is 2.70. The number of urea groups is 1. The van der Waals surface area contributed by atoms with E-state index in [-0.39, 0.29) is 5.56 Å². The topological polar surface area (TPSA) is 76.8 Å². The molecule has 6 nitrogen and oxygen atoms in total. The van der Waals surface area contributed by atoms with Crippen molar-refractivity contribution >= 4 is 33.3 Å². The van der Waals surface area contributed by atoms with Crippen LogP contribution in [-0.2, 0) is 5.72 Å². The third kappa shape index (κ3) is 3.70. The number of nitrogens with zero attached hydrogens (tertiary/aromatic N) is 3. The van der Waals surface area contributed by atoms with Crippen molar-refractivity contribution < 1.29 is 27.8 Å². The molecule has 1 heterocycles. The van der Waals surface area contributed by atoms with Crippen LogP contribution in [0.2, 0.25) is 0 Å². The van der Waals surface area contributed by atoms with Gasteiger partial charge < -0.3 is 9.84 Å². The smallest absolute Gasteiger partial charge is 0.406 e. The Bertz CT molecular complexity index is 1350. The minimum Gasteiger partial charge on any atom is -0.406 e. The molecule has 0 bridgehead atoms. The van der Waals surface area contributed by atoms with Gasteiger partial charge in [-0.15, -0.1) is 13.2 Å². The van der Waals surface area contributed by atoms with Crippen LogP contribution in [0, 0.1) is 11.3 Å². The monoisotopic (exact) mass is 557 g/mol. The predicted octanol–water partition coefficient (Wildman–Crippen LogP) is 6.43. The summed E-state index contributed by atoms with van der Waals surface area (Å²) in [5, 5.41) is 21.7. The molecular formula is C26H19BrF3N3O3. The number of hydrogen-bond acceptors (Lipinski definition) is 4. The molecule has 1 aliphatic heterocycles. The van der Waals surface area contributed by atoms with Gasteiger partial charge in [-0.25, -0.2) is 4.79 Å². The van der Waals surface area contributed by atoms with Crippen molar-refractivity contribution in [2.24, 2.45) is 0 Å². The highest BCUT2D eigenvalue weighted by molar-refractivity contribution is 9.10. The minimum absolute atomic E-state index is 0.0939. The number of aliphatic hydroxyl groups is 1. The molecule has 0 aromatic heterocycles. The Morgan fingerprint density at radius 2 is 1.58 bits per heavy atom. The standard InChI is InChI=1S/C26H19BrF3N3O3/c27-19-7-11-21(12-8-19)33-23(34)32(20-9-5-17(16-31)6-10-20)24(13-2-14-24)25(33,35)18-3-1-4-22(15-18)36-26(28,29)30/h1,3-12,15,35H,2,13-14H2. The summed E-state index contributed by atoms with van der Waals surface area (Å²) in [6.45, 7) is 0. The molecule has 1 atom stereocenters. The summed E-state index contributed by atoms with van der Waals surface area (Å²) in [6.07, 6.45) is -3.39. The molecule has 1 aliphatic carbocycles. The number of benzene rings is 3. The Labute approximate surface area is 213 Å². The molecule has 1 unspecified atom stereocenters. The number of carbonyl (C=O) groups is 1. The largest absolute Gasteiger partial charge is 0.573 e. The van der Waals surface area contributed by atoms with E-state index in [4.69, 9.17) is 0 Å². The normalized spacial score (nSPS) is 20.8. The first-order valence-electron chi connectivity index (χ1n) is 11.1. The fraction of sp³-hybridized carbons (Fsp3) is 0.231. The number of ether oxygens (including phenoxy) is 1. The van der Waals surface area contributed by atoms with E-state index in [2.05, 4.69) is 20.7 Å². The molecule has 5 rings (SSSR count). The summed E-state index contributed by atoms with van der Waals surface area (Å²) in [5.41, 5.74) is -1.84. The maximum atomic E-state index is 14.1. The number of anilines is 2. The Balaban J connectivity index is 1.72. The lowest BCUT2D eigenvalue weighted by atomic mass is 9.66. The summed E-state index contributed by atoms with van der Waals surface area (Å²) in [6, 6.07) is 19.8. The van der Waals surface area contributed by atoms with Gasteiger partial charge in [0.15, 0.2) is 5.72 Å². The van der Waals surface area contributed by atoms with Gasteiger partial charge in [-0.3, -0.25) is 9.80 Å². The Kier molecular flexibility index (Phi) is 5.73. The van der Waals surface area contributed by atoms with Crippen LogP contribution in [0.25, 0.3) is 0 Å². The van der Waals surface area contributed by atoms with Crippen molar-refractivity contribution in [2.45, 2.75) is 36.9 Å². The Morgan fingerprint density at radius 1 is 0.972 bits per heavy atom. The van der Waals surface area contributed by atoms with E-state index < -0.39 is 29.4 Å². The second-order valence-corrected chi connectivity index (χ2v) is 9.64. The Hall–Kier alpha value is -3.55. The zero-order chi connectivity index (χ0) is 25.7. The SMILES string of the molecule is N#Cc1ccc(N2C(=O)N(c3ccc(Br)cc3)C(O)(c3cccc(OC(F)(F)F)c3)C23CCC3)cc1. The van der Waals surface area contributed by atoms with Crippen molar-refractivity contribution in [3.8, 4) is 11.8 Å². The number of halogens is 4. The second-order valence-electron chi connectivity index (χ2n) is 8.72. The molecule has 2 amide bonds. The van der Waals surface area contributed by atoms with Gasteiger partial charge in [0.05, 0.1) is 11.6 Å². The first-order chi connectivity index (χ1) is 17.1. The average molecular weight is 558 g/mol. The third-order valence-corrected chi connectivity index (χ3v) is 7.30. The predicted molar refractivity (Wildman–Crippen MR) is 129 cm³/mol. The molecule has 3 aromatic rings. The zero-order valence-electron chi connectivity index (χ0n) is 18.7. The quantitative estimate of drug-likeness (QED) is 0.400. The zero-order valence-corrected chi connectivity index (χ0v) is 20.3. The lowest BCUT2D eigenvalue weighted by Crippen LogP contribution is -2.63. The number of hydrogen-bond donors (Lipinski definition) is 1. The number of amides is 2.